The minimum Gasteiger partial charge on any atom is -0.465 e. The number of carbonyl (C=O) groups is 1. The summed E-state index contributed by atoms with van der Waals surface area (Å²) in [7, 11) is 0. The highest BCUT2D eigenvalue weighted by Gasteiger charge is 2.48. The van der Waals surface area contributed by atoms with E-state index in [-0.39, 0.29) is 12.1 Å². The minimum atomic E-state index is -0.954. The quantitative estimate of drug-likeness (QED) is 0.781. The number of amides is 1. The summed E-state index contributed by atoms with van der Waals surface area (Å²) in [6, 6.07) is 9.98. The smallest absolute Gasteiger partial charge is 0.405 e. The van der Waals surface area contributed by atoms with Crippen LogP contribution < -0.4 is 11.1 Å². The van der Waals surface area contributed by atoms with E-state index in [9.17, 15) is 4.79 Å². The van der Waals surface area contributed by atoms with Crippen LogP contribution in [0.5, 0.6) is 0 Å². The molecule has 1 aromatic carbocycles. The molecule has 2 fully saturated rings. The van der Waals surface area contributed by atoms with E-state index in [2.05, 4.69) is 5.32 Å². The first-order valence-corrected chi connectivity index (χ1v) is 6.95. The molecule has 3 rings (SSSR count). The van der Waals surface area contributed by atoms with E-state index >= 15 is 0 Å². The van der Waals surface area contributed by atoms with Gasteiger partial charge < -0.3 is 16.2 Å². The van der Waals surface area contributed by atoms with Crippen molar-refractivity contribution in [2.45, 2.75) is 31.3 Å². The number of carboxylic acid groups (broad SMARTS) is 1. The van der Waals surface area contributed by atoms with E-state index < -0.39 is 6.09 Å². The van der Waals surface area contributed by atoms with Crippen molar-refractivity contribution < 1.29 is 9.90 Å². The zero-order valence-corrected chi connectivity index (χ0v) is 10.8. The first-order valence-electron chi connectivity index (χ1n) is 6.95. The highest BCUT2D eigenvalue weighted by atomic mass is 16.4. The van der Waals surface area contributed by atoms with Crippen molar-refractivity contribution >= 4 is 6.09 Å². The van der Waals surface area contributed by atoms with Crippen molar-refractivity contribution in [2.75, 3.05) is 0 Å². The molecule has 0 saturated heterocycles. The van der Waals surface area contributed by atoms with Crippen LogP contribution >= 0.6 is 0 Å². The van der Waals surface area contributed by atoms with Crippen LogP contribution in [0.1, 0.15) is 30.9 Å². The molecule has 0 aromatic heterocycles. The zero-order chi connectivity index (χ0) is 13.4. The second-order valence-electron chi connectivity index (χ2n) is 5.90. The van der Waals surface area contributed by atoms with Gasteiger partial charge in [-0.15, -0.1) is 0 Å². The Labute approximate surface area is 113 Å². The fraction of sp³-hybridized carbons (Fsp3) is 0.533. The molecule has 5 atom stereocenters. The summed E-state index contributed by atoms with van der Waals surface area (Å²) in [5.74, 6) is 1.49. The molecule has 0 aliphatic heterocycles. The highest BCUT2D eigenvalue weighted by molar-refractivity contribution is 5.65. The molecule has 2 saturated carbocycles. The summed E-state index contributed by atoms with van der Waals surface area (Å²) < 4.78 is 0. The predicted octanol–water partition coefficient (Wildman–Crippen LogP) is 2.37. The molecular formula is C15H20N2O2. The third-order valence-corrected chi connectivity index (χ3v) is 4.78. The van der Waals surface area contributed by atoms with Crippen molar-refractivity contribution in [1.82, 2.24) is 5.32 Å². The normalized spacial score (nSPS) is 34.2. The third kappa shape index (κ3) is 2.32. The molecule has 19 heavy (non-hydrogen) atoms. The van der Waals surface area contributed by atoms with Gasteiger partial charge in [-0.1, -0.05) is 30.3 Å². The van der Waals surface area contributed by atoms with Gasteiger partial charge >= 0.3 is 6.09 Å². The summed E-state index contributed by atoms with van der Waals surface area (Å²) in [5.41, 5.74) is 7.23. The fourth-order valence-electron chi connectivity index (χ4n) is 4.07. The van der Waals surface area contributed by atoms with Crippen molar-refractivity contribution in [2.24, 2.45) is 23.5 Å². The molecule has 0 spiro atoms. The zero-order valence-electron chi connectivity index (χ0n) is 10.8. The van der Waals surface area contributed by atoms with Crippen LogP contribution in [0.25, 0.3) is 0 Å². The van der Waals surface area contributed by atoms with Crippen LogP contribution in [0.3, 0.4) is 0 Å². The lowest BCUT2D eigenvalue weighted by Crippen LogP contribution is -2.40. The van der Waals surface area contributed by atoms with Crippen LogP contribution in [-0.4, -0.2) is 17.2 Å². The Morgan fingerprint density at radius 3 is 2.58 bits per heavy atom. The van der Waals surface area contributed by atoms with Gasteiger partial charge in [0.15, 0.2) is 0 Å². The Kier molecular flexibility index (Phi) is 3.19. The lowest BCUT2D eigenvalue weighted by atomic mass is 9.78. The Hall–Kier alpha value is -1.55. The number of benzene rings is 1. The molecule has 1 aromatic rings. The van der Waals surface area contributed by atoms with Crippen LogP contribution in [0.15, 0.2) is 30.3 Å². The van der Waals surface area contributed by atoms with Gasteiger partial charge in [0.05, 0.1) is 6.04 Å². The minimum absolute atomic E-state index is 0.125. The van der Waals surface area contributed by atoms with Gasteiger partial charge in [-0.3, -0.25) is 0 Å². The number of nitrogens with two attached hydrogens (primary N) is 1. The Morgan fingerprint density at radius 2 is 2.00 bits per heavy atom. The number of fused-ring (bicyclic) bond motifs is 2. The first kappa shape index (κ1) is 12.5. The molecule has 4 heteroatoms. The van der Waals surface area contributed by atoms with E-state index in [4.69, 9.17) is 10.8 Å². The second kappa shape index (κ2) is 4.85. The molecule has 1 unspecified atom stereocenters. The number of nitrogens with one attached hydrogen (secondary N) is 1. The number of hydrogen-bond acceptors (Lipinski definition) is 2. The van der Waals surface area contributed by atoms with Gasteiger partial charge in [0, 0.05) is 6.04 Å². The fourth-order valence-corrected chi connectivity index (χ4v) is 4.07. The van der Waals surface area contributed by atoms with E-state index in [1.807, 2.05) is 30.3 Å². The number of rotatable bonds is 3. The molecule has 2 aliphatic carbocycles. The second-order valence-corrected chi connectivity index (χ2v) is 5.90. The van der Waals surface area contributed by atoms with Crippen LogP contribution in [0, 0.1) is 17.8 Å². The van der Waals surface area contributed by atoms with Crippen molar-refractivity contribution in [3.8, 4) is 0 Å². The monoisotopic (exact) mass is 260 g/mol. The summed E-state index contributed by atoms with van der Waals surface area (Å²) in [5, 5.41) is 11.8. The molecule has 4 N–H and O–H groups in total. The molecule has 2 aliphatic rings. The lowest BCUT2D eigenvalue weighted by Gasteiger charge is -2.33. The molecule has 1 amide bonds. The van der Waals surface area contributed by atoms with Gasteiger partial charge in [-0.05, 0) is 42.6 Å². The van der Waals surface area contributed by atoms with Gasteiger partial charge in [-0.25, -0.2) is 4.79 Å². The Bertz CT molecular complexity index is 462. The van der Waals surface area contributed by atoms with E-state index in [1.165, 1.54) is 0 Å². The SMILES string of the molecule is N[C@H]1C[C@H]2C[C@@H]1[C@@H](C(NC(=O)O)c1ccccc1)C2. The van der Waals surface area contributed by atoms with Crippen LogP contribution in [0.4, 0.5) is 4.79 Å². The molecular weight excluding hydrogens is 240 g/mol. The van der Waals surface area contributed by atoms with E-state index in [1.54, 1.807) is 0 Å². The summed E-state index contributed by atoms with van der Waals surface area (Å²) in [4.78, 5) is 11.1. The van der Waals surface area contributed by atoms with E-state index in [0.717, 1.165) is 24.8 Å². The highest BCUT2D eigenvalue weighted by Crippen LogP contribution is 2.52. The molecule has 0 heterocycles. The Morgan fingerprint density at radius 1 is 1.26 bits per heavy atom. The van der Waals surface area contributed by atoms with Gasteiger partial charge in [-0.2, -0.15) is 0 Å². The summed E-state index contributed by atoms with van der Waals surface area (Å²) in [6.07, 6.45) is 2.41. The van der Waals surface area contributed by atoms with Gasteiger partial charge in [0.1, 0.15) is 0 Å². The standard InChI is InChI=1S/C15H20N2O2/c16-13-8-9-6-11(13)12(7-9)14(17-15(18)19)10-4-2-1-3-5-10/h1-5,9,11-14,17H,6-8,16H2,(H,18,19)/t9-,11+,12-,13-,14?/m0/s1. The first-order chi connectivity index (χ1) is 9.15. The van der Waals surface area contributed by atoms with Crippen molar-refractivity contribution in [3.05, 3.63) is 35.9 Å². The maximum Gasteiger partial charge on any atom is 0.405 e. The van der Waals surface area contributed by atoms with Crippen molar-refractivity contribution in [3.63, 3.8) is 0 Å². The van der Waals surface area contributed by atoms with Gasteiger partial charge in [0.25, 0.3) is 0 Å². The molecule has 102 valence electrons. The Balaban J connectivity index is 1.86. The average Bonchev–Trinajstić information content (AvgIpc) is 2.95. The summed E-state index contributed by atoms with van der Waals surface area (Å²) in [6.45, 7) is 0. The third-order valence-electron chi connectivity index (χ3n) is 4.78. The molecule has 4 nitrogen and oxygen atoms in total. The van der Waals surface area contributed by atoms with Gasteiger partial charge in [0.2, 0.25) is 0 Å². The average molecular weight is 260 g/mol. The predicted molar refractivity (Wildman–Crippen MR) is 72.6 cm³/mol. The van der Waals surface area contributed by atoms with E-state index in [0.29, 0.717) is 17.8 Å². The van der Waals surface area contributed by atoms with Crippen molar-refractivity contribution in [1.29, 1.82) is 0 Å². The maximum atomic E-state index is 11.1. The maximum absolute atomic E-state index is 11.1. The van der Waals surface area contributed by atoms with Crippen LogP contribution in [0.2, 0.25) is 0 Å². The van der Waals surface area contributed by atoms with Crippen LogP contribution in [-0.2, 0) is 0 Å². The number of hydrogen-bond donors (Lipinski definition) is 3. The molecule has 0 radical (unpaired) electrons. The molecule has 2 bridgehead atoms. The topological polar surface area (TPSA) is 75.3 Å². The summed E-state index contributed by atoms with van der Waals surface area (Å²) >= 11 is 0. The lowest BCUT2D eigenvalue weighted by molar-refractivity contribution is 0.171. The largest absolute Gasteiger partial charge is 0.465 e.